The van der Waals surface area contributed by atoms with Gasteiger partial charge in [0, 0.05) is 29.1 Å². The van der Waals surface area contributed by atoms with Crippen LogP contribution in [0, 0.1) is 12.3 Å². The summed E-state index contributed by atoms with van der Waals surface area (Å²) in [5.74, 6) is 4.02. The van der Waals surface area contributed by atoms with Gasteiger partial charge in [-0.25, -0.2) is 15.4 Å². The monoisotopic (exact) mass is 420 g/mol. The zero-order valence-electron chi connectivity index (χ0n) is 17.2. The summed E-state index contributed by atoms with van der Waals surface area (Å²) in [4.78, 5) is 19.7. The molecule has 8 nitrogen and oxygen atoms in total. The number of benzene rings is 2. The van der Waals surface area contributed by atoms with Crippen LogP contribution < -0.4 is 20.3 Å². The topological polar surface area (TPSA) is 106 Å². The largest absolute Gasteiger partial charge is 0.493 e. The molecular weight excluding hydrogens is 396 g/mol. The number of hydrogen-bond acceptors (Lipinski definition) is 7. The maximum absolute atomic E-state index is 11.0. The highest BCUT2D eigenvalue weighted by atomic mass is 16.5. The van der Waals surface area contributed by atoms with E-state index in [0.717, 1.165) is 29.5 Å². The molecule has 0 aliphatic heterocycles. The molecule has 0 bridgehead atoms. The molecule has 8 heteroatoms. The Labute approximate surface area is 180 Å². The maximum Gasteiger partial charge on any atom is 0.243 e. The number of carbonyl (C=O) groups excluding carboxylic acids is 1. The number of methoxy groups -OCH3 is 1. The predicted octanol–water partition coefficient (Wildman–Crippen LogP) is 3.81. The fourth-order valence-electron chi connectivity index (χ4n) is 3.06. The van der Waals surface area contributed by atoms with Crippen LogP contribution in [-0.4, -0.2) is 34.8 Å². The molecule has 0 spiro atoms. The minimum Gasteiger partial charge on any atom is -0.493 e. The molecule has 160 valence electrons. The first-order valence-corrected chi connectivity index (χ1v) is 9.86. The van der Waals surface area contributed by atoms with Crippen LogP contribution in [0.1, 0.15) is 31.2 Å². The van der Waals surface area contributed by atoms with Crippen LogP contribution in [-0.2, 0) is 4.79 Å². The van der Waals surface area contributed by atoms with Gasteiger partial charge < -0.3 is 14.8 Å². The number of terminal acetylenes is 1. The van der Waals surface area contributed by atoms with Crippen molar-refractivity contribution in [3.63, 3.8) is 0 Å². The van der Waals surface area contributed by atoms with Gasteiger partial charge in [-0.2, -0.15) is 0 Å². The highest BCUT2D eigenvalue weighted by molar-refractivity contribution is 5.93. The fraction of sp³-hybridized carbons (Fsp3) is 0.261. The number of aromatic nitrogens is 2. The SMILES string of the molecule is C#Cc1cccc(Nc2ncnc3cc(OCCCCCC(=O)NO)c(OC)cc23)c1. The quantitative estimate of drug-likeness (QED) is 0.198. The van der Waals surface area contributed by atoms with Crippen molar-refractivity contribution < 1.29 is 19.5 Å². The average Bonchev–Trinajstić information content (AvgIpc) is 2.80. The Balaban J connectivity index is 1.72. The third-order valence-electron chi connectivity index (χ3n) is 4.64. The summed E-state index contributed by atoms with van der Waals surface area (Å²) < 4.78 is 11.4. The summed E-state index contributed by atoms with van der Waals surface area (Å²) in [5.41, 5.74) is 3.93. The Bertz CT molecular complexity index is 1090. The molecule has 1 aromatic heterocycles. The highest BCUT2D eigenvalue weighted by Crippen LogP contribution is 2.34. The normalized spacial score (nSPS) is 10.4. The van der Waals surface area contributed by atoms with Crippen molar-refractivity contribution >= 4 is 28.3 Å². The van der Waals surface area contributed by atoms with Gasteiger partial charge in [0.2, 0.25) is 5.91 Å². The maximum atomic E-state index is 11.0. The van der Waals surface area contributed by atoms with Crippen molar-refractivity contribution in [1.29, 1.82) is 0 Å². The summed E-state index contributed by atoms with van der Waals surface area (Å²) in [7, 11) is 1.58. The molecule has 2 aromatic carbocycles. The Morgan fingerprint density at radius 2 is 2.03 bits per heavy atom. The van der Waals surface area contributed by atoms with Gasteiger partial charge in [-0.1, -0.05) is 12.0 Å². The lowest BCUT2D eigenvalue weighted by Crippen LogP contribution is -2.17. The molecule has 3 N–H and O–H groups in total. The van der Waals surface area contributed by atoms with Gasteiger partial charge in [0.1, 0.15) is 12.1 Å². The molecule has 0 fully saturated rings. The standard InChI is InChI=1S/C23H24N4O4/c1-3-16-8-7-9-17(12-16)26-23-18-13-20(30-2)21(14-19(18)24-15-25-23)31-11-6-4-5-10-22(28)27-29/h1,7-9,12-15,29H,4-6,10-11H2,2H3,(H,27,28)(H,24,25,26). The minimum atomic E-state index is -0.382. The highest BCUT2D eigenvalue weighted by Gasteiger charge is 2.12. The van der Waals surface area contributed by atoms with Gasteiger partial charge in [0.05, 0.1) is 19.2 Å². The van der Waals surface area contributed by atoms with E-state index in [2.05, 4.69) is 21.2 Å². The molecular formula is C23H24N4O4. The average molecular weight is 420 g/mol. The predicted molar refractivity (Wildman–Crippen MR) is 118 cm³/mol. The molecule has 3 aromatic rings. The van der Waals surface area contributed by atoms with Crippen LogP contribution in [0.5, 0.6) is 11.5 Å². The molecule has 0 saturated heterocycles. The molecule has 0 aliphatic rings. The number of anilines is 2. The lowest BCUT2D eigenvalue weighted by Gasteiger charge is -2.14. The molecule has 0 atom stereocenters. The van der Waals surface area contributed by atoms with Crippen LogP contribution in [0.15, 0.2) is 42.7 Å². The van der Waals surface area contributed by atoms with Gasteiger partial charge in [-0.3, -0.25) is 10.0 Å². The number of fused-ring (bicyclic) bond motifs is 1. The number of nitrogens with one attached hydrogen (secondary N) is 2. The molecule has 1 amide bonds. The van der Waals surface area contributed by atoms with Crippen molar-refractivity contribution in [2.24, 2.45) is 0 Å². The molecule has 3 rings (SSSR count). The molecule has 0 unspecified atom stereocenters. The molecule has 0 saturated carbocycles. The van der Waals surface area contributed by atoms with Gasteiger partial charge >= 0.3 is 0 Å². The molecule has 31 heavy (non-hydrogen) atoms. The van der Waals surface area contributed by atoms with E-state index in [4.69, 9.17) is 21.1 Å². The van der Waals surface area contributed by atoms with Crippen LogP contribution in [0.2, 0.25) is 0 Å². The van der Waals surface area contributed by atoms with Gasteiger partial charge in [0.25, 0.3) is 0 Å². The van der Waals surface area contributed by atoms with E-state index in [0.29, 0.717) is 35.9 Å². The summed E-state index contributed by atoms with van der Waals surface area (Å²) in [5, 5.41) is 12.6. The third kappa shape index (κ3) is 5.84. The zero-order valence-corrected chi connectivity index (χ0v) is 17.2. The van der Waals surface area contributed by atoms with E-state index >= 15 is 0 Å². The second kappa shape index (κ2) is 10.8. The van der Waals surface area contributed by atoms with Crippen molar-refractivity contribution in [2.75, 3.05) is 19.0 Å². The second-order valence-corrected chi connectivity index (χ2v) is 6.79. The number of hydroxylamine groups is 1. The lowest BCUT2D eigenvalue weighted by molar-refractivity contribution is -0.129. The van der Waals surface area contributed by atoms with E-state index < -0.39 is 0 Å². The van der Waals surface area contributed by atoms with Crippen molar-refractivity contribution in [2.45, 2.75) is 25.7 Å². The van der Waals surface area contributed by atoms with Crippen LogP contribution in [0.4, 0.5) is 11.5 Å². The number of ether oxygens (including phenoxy) is 2. The van der Waals surface area contributed by atoms with Crippen LogP contribution in [0.25, 0.3) is 10.9 Å². The number of amides is 1. The Morgan fingerprint density at radius 3 is 2.81 bits per heavy atom. The molecule has 0 aliphatic carbocycles. The number of unbranched alkanes of at least 4 members (excludes halogenated alkanes) is 2. The molecule has 1 heterocycles. The summed E-state index contributed by atoms with van der Waals surface area (Å²) in [6, 6.07) is 11.2. The number of nitrogens with zero attached hydrogens (tertiary/aromatic N) is 2. The second-order valence-electron chi connectivity index (χ2n) is 6.79. The number of carbonyl (C=O) groups is 1. The summed E-state index contributed by atoms with van der Waals surface area (Å²) >= 11 is 0. The third-order valence-corrected chi connectivity index (χ3v) is 4.64. The van der Waals surface area contributed by atoms with Crippen molar-refractivity contribution in [3.05, 3.63) is 48.3 Å². The number of hydrogen-bond donors (Lipinski definition) is 3. The van der Waals surface area contributed by atoms with E-state index in [-0.39, 0.29) is 12.3 Å². The van der Waals surface area contributed by atoms with Crippen LogP contribution >= 0.6 is 0 Å². The first-order valence-electron chi connectivity index (χ1n) is 9.86. The van der Waals surface area contributed by atoms with Crippen molar-refractivity contribution in [3.8, 4) is 23.8 Å². The van der Waals surface area contributed by atoms with Gasteiger partial charge in [-0.05, 0) is 43.5 Å². The van der Waals surface area contributed by atoms with E-state index in [1.807, 2.05) is 36.4 Å². The lowest BCUT2D eigenvalue weighted by atomic mass is 10.1. The summed E-state index contributed by atoms with van der Waals surface area (Å²) in [6.07, 6.45) is 9.49. The minimum absolute atomic E-state index is 0.284. The Kier molecular flexibility index (Phi) is 7.62. The smallest absolute Gasteiger partial charge is 0.243 e. The Hall–Kier alpha value is -3.83. The van der Waals surface area contributed by atoms with E-state index in [1.165, 1.54) is 6.33 Å². The Morgan fingerprint density at radius 1 is 1.16 bits per heavy atom. The van der Waals surface area contributed by atoms with Crippen molar-refractivity contribution in [1.82, 2.24) is 15.4 Å². The van der Waals surface area contributed by atoms with E-state index in [1.54, 1.807) is 12.6 Å². The van der Waals surface area contributed by atoms with E-state index in [9.17, 15) is 4.79 Å². The molecule has 0 radical (unpaired) electrons. The van der Waals surface area contributed by atoms with Gasteiger partial charge in [-0.15, -0.1) is 6.42 Å². The first-order chi connectivity index (χ1) is 15.1. The van der Waals surface area contributed by atoms with Crippen LogP contribution in [0.3, 0.4) is 0 Å². The first kappa shape index (κ1) is 21.9. The number of rotatable bonds is 10. The fourth-order valence-corrected chi connectivity index (χ4v) is 3.06. The zero-order chi connectivity index (χ0) is 22.1. The van der Waals surface area contributed by atoms with Gasteiger partial charge in [0.15, 0.2) is 11.5 Å². The summed E-state index contributed by atoms with van der Waals surface area (Å²) in [6.45, 7) is 0.470.